The summed E-state index contributed by atoms with van der Waals surface area (Å²) < 4.78 is 27.7. The molecular weight excluding hydrogens is 356 g/mol. The van der Waals surface area contributed by atoms with Crippen molar-refractivity contribution >= 4 is 32.9 Å². The Morgan fingerprint density at radius 3 is 2.44 bits per heavy atom. The van der Waals surface area contributed by atoms with Gasteiger partial charge in [-0.2, -0.15) is 0 Å². The third kappa shape index (κ3) is 4.31. The van der Waals surface area contributed by atoms with Gasteiger partial charge in [-0.05, 0) is 37.2 Å². The van der Waals surface area contributed by atoms with Gasteiger partial charge in [0.25, 0.3) is 10.0 Å². The minimum atomic E-state index is -3.57. The Hall–Kier alpha value is -1.64. The van der Waals surface area contributed by atoms with E-state index in [1.165, 1.54) is 11.3 Å². The Labute approximate surface area is 153 Å². The lowest BCUT2D eigenvalue weighted by Crippen LogP contribution is -2.46. The van der Waals surface area contributed by atoms with E-state index in [-0.39, 0.29) is 0 Å². The van der Waals surface area contributed by atoms with Crippen LogP contribution in [0.3, 0.4) is 0 Å². The van der Waals surface area contributed by atoms with Gasteiger partial charge in [-0.25, -0.2) is 13.4 Å². The number of rotatable bonds is 6. The van der Waals surface area contributed by atoms with Crippen molar-refractivity contribution in [2.75, 3.05) is 42.3 Å². The molecule has 3 heterocycles. The van der Waals surface area contributed by atoms with Crippen LogP contribution in [0.4, 0.5) is 11.5 Å². The van der Waals surface area contributed by atoms with E-state index in [0.717, 1.165) is 49.7 Å². The highest BCUT2D eigenvalue weighted by atomic mass is 32.2. The number of anilines is 2. The first kappa shape index (κ1) is 18.2. The van der Waals surface area contributed by atoms with Gasteiger partial charge in [0.05, 0.1) is 11.9 Å². The summed E-state index contributed by atoms with van der Waals surface area (Å²) in [5.74, 6) is 0.349. The molecule has 8 heteroatoms. The maximum Gasteiger partial charge on any atom is 0.272 e. The van der Waals surface area contributed by atoms with Gasteiger partial charge in [-0.3, -0.25) is 4.72 Å². The highest BCUT2D eigenvalue weighted by molar-refractivity contribution is 7.94. The number of hydrogen-bond acceptors (Lipinski definition) is 6. The zero-order chi connectivity index (χ0) is 17.9. The summed E-state index contributed by atoms with van der Waals surface area (Å²) in [5, 5.41) is 0. The van der Waals surface area contributed by atoms with Gasteiger partial charge in [-0.15, -0.1) is 11.3 Å². The Morgan fingerprint density at radius 1 is 1.12 bits per heavy atom. The van der Waals surface area contributed by atoms with Crippen molar-refractivity contribution in [3.05, 3.63) is 35.3 Å². The van der Waals surface area contributed by atoms with Crippen molar-refractivity contribution < 1.29 is 8.42 Å². The Kier molecular flexibility index (Phi) is 5.61. The average Bonchev–Trinajstić information content (AvgIpc) is 3.12. The predicted octanol–water partition coefficient (Wildman–Crippen LogP) is 2.65. The third-order valence-electron chi connectivity index (χ3n) is 4.42. The standard InChI is InChI=1S/C17H24N4O2S2/c1-3-15-6-8-17(24-15)25(22,23)19-16-7-5-14(13-18-16)21-11-9-20(4-2)10-12-21/h5-8,13H,3-4,9-12H2,1-2H3,(H,18,19). The Balaban J connectivity index is 1.66. The zero-order valence-corrected chi connectivity index (χ0v) is 16.2. The van der Waals surface area contributed by atoms with Crippen LogP contribution in [-0.2, 0) is 16.4 Å². The molecule has 0 aromatic carbocycles. The fourth-order valence-corrected chi connectivity index (χ4v) is 5.14. The molecule has 1 fully saturated rings. The summed E-state index contributed by atoms with van der Waals surface area (Å²) in [6, 6.07) is 7.16. The van der Waals surface area contributed by atoms with Crippen LogP contribution >= 0.6 is 11.3 Å². The Morgan fingerprint density at radius 2 is 1.88 bits per heavy atom. The second-order valence-electron chi connectivity index (χ2n) is 6.00. The highest BCUT2D eigenvalue weighted by Crippen LogP contribution is 2.24. The molecule has 1 N–H and O–H groups in total. The number of thiophene rings is 1. The van der Waals surface area contributed by atoms with Gasteiger partial charge in [0.2, 0.25) is 0 Å². The minimum absolute atomic E-state index is 0.325. The molecule has 1 aliphatic heterocycles. The molecule has 0 radical (unpaired) electrons. The van der Waals surface area contributed by atoms with Crippen LogP contribution in [0.15, 0.2) is 34.7 Å². The number of piperazine rings is 1. The smallest absolute Gasteiger partial charge is 0.272 e. The van der Waals surface area contributed by atoms with Gasteiger partial charge in [0, 0.05) is 31.1 Å². The normalized spacial score (nSPS) is 16.2. The van der Waals surface area contributed by atoms with Crippen molar-refractivity contribution in [2.24, 2.45) is 0 Å². The topological polar surface area (TPSA) is 65.5 Å². The van der Waals surface area contributed by atoms with Crippen LogP contribution in [0.25, 0.3) is 0 Å². The fourth-order valence-electron chi connectivity index (χ4n) is 2.84. The van der Waals surface area contributed by atoms with Crippen LogP contribution in [0, 0.1) is 0 Å². The molecule has 6 nitrogen and oxygen atoms in total. The van der Waals surface area contributed by atoms with Crippen LogP contribution < -0.4 is 9.62 Å². The lowest BCUT2D eigenvalue weighted by Gasteiger charge is -2.35. The van der Waals surface area contributed by atoms with Crippen LogP contribution in [0.2, 0.25) is 0 Å². The highest BCUT2D eigenvalue weighted by Gasteiger charge is 2.19. The van der Waals surface area contributed by atoms with E-state index in [2.05, 4.69) is 26.4 Å². The number of sulfonamides is 1. The molecule has 0 bridgehead atoms. The van der Waals surface area contributed by atoms with Crippen molar-refractivity contribution in [1.82, 2.24) is 9.88 Å². The molecule has 25 heavy (non-hydrogen) atoms. The average molecular weight is 381 g/mol. The van der Waals surface area contributed by atoms with E-state index < -0.39 is 10.0 Å². The van der Waals surface area contributed by atoms with Crippen molar-refractivity contribution in [3.8, 4) is 0 Å². The lowest BCUT2D eigenvalue weighted by molar-refractivity contribution is 0.271. The van der Waals surface area contributed by atoms with Crippen molar-refractivity contribution in [1.29, 1.82) is 0 Å². The predicted molar refractivity (Wildman–Crippen MR) is 103 cm³/mol. The number of pyridine rings is 1. The van der Waals surface area contributed by atoms with E-state index in [9.17, 15) is 8.42 Å². The van der Waals surface area contributed by atoms with Crippen molar-refractivity contribution in [3.63, 3.8) is 0 Å². The van der Waals surface area contributed by atoms with E-state index >= 15 is 0 Å². The summed E-state index contributed by atoms with van der Waals surface area (Å²) >= 11 is 1.30. The first-order valence-corrected chi connectivity index (χ1v) is 10.9. The summed E-state index contributed by atoms with van der Waals surface area (Å²) in [6.45, 7) is 9.29. The van der Waals surface area contributed by atoms with Gasteiger partial charge in [0.1, 0.15) is 10.0 Å². The van der Waals surface area contributed by atoms with Crippen LogP contribution in [0.5, 0.6) is 0 Å². The van der Waals surface area contributed by atoms with Gasteiger partial charge >= 0.3 is 0 Å². The molecule has 136 valence electrons. The van der Waals surface area contributed by atoms with E-state index in [1.54, 1.807) is 18.3 Å². The largest absolute Gasteiger partial charge is 0.368 e. The lowest BCUT2D eigenvalue weighted by atomic mass is 10.3. The molecule has 2 aromatic rings. The maximum atomic E-state index is 12.4. The van der Waals surface area contributed by atoms with E-state index in [1.807, 2.05) is 19.1 Å². The van der Waals surface area contributed by atoms with Crippen LogP contribution in [-0.4, -0.2) is 51.0 Å². The molecule has 0 spiro atoms. The Bertz CT molecular complexity index is 794. The molecule has 3 rings (SSSR count). The minimum Gasteiger partial charge on any atom is -0.368 e. The van der Waals surface area contributed by atoms with E-state index in [0.29, 0.717) is 10.0 Å². The molecule has 1 saturated heterocycles. The molecule has 1 aliphatic rings. The van der Waals surface area contributed by atoms with Gasteiger partial charge in [-0.1, -0.05) is 13.8 Å². The molecule has 0 atom stereocenters. The fraction of sp³-hybridized carbons (Fsp3) is 0.471. The number of likely N-dealkylation sites (N-methyl/N-ethyl adjacent to an activating group) is 1. The van der Waals surface area contributed by atoms with E-state index in [4.69, 9.17) is 0 Å². The summed E-state index contributed by atoms with van der Waals surface area (Å²) in [6.07, 6.45) is 2.57. The molecular formula is C17H24N4O2S2. The SMILES string of the molecule is CCc1ccc(S(=O)(=O)Nc2ccc(N3CCN(CC)CC3)cn2)s1. The number of hydrogen-bond donors (Lipinski definition) is 1. The zero-order valence-electron chi connectivity index (χ0n) is 14.6. The summed E-state index contributed by atoms with van der Waals surface area (Å²) in [5.41, 5.74) is 1.03. The molecule has 0 saturated carbocycles. The first-order chi connectivity index (χ1) is 12.0. The van der Waals surface area contributed by atoms with Crippen molar-refractivity contribution in [2.45, 2.75) is 24.5 Å². The van der Waals surface area contributed by atoms with Gasteiger partial charge in [0.15, 0.2) is 0 Å². The monoisotopic (exact) mass is 380 g/mol. The number of aryl methyl sites for hydroxylation is 1. The molecule has 0 aliphatic carbocycles. The van der Waals surface area contributed by atoms with Crippen LogP contribution in [0.1, 0.15) is 18.7 Å². The summed E-state index contributed by atoms with van der Waals surface area (Å²) in [4.78, 5) is 10.0. The maximum absolute atomic E-state index is 12.4. The second-order valence-corrected chi connectivity index (χ2v) is 9.08. The quantitative estimate of drug-likeness (QED) is 0.835. The second kappa shape index (κ2) is 7.72. The molecule has 0 amide bonds. The number of nitrogens with zero attached hydrogens (tertiary/aromatic N) is 3. The molecule has 0 unspecified atom stereocenters. The first-order valence-electron chi connectivity index (χ1n) is 8.56. The molecule has 2 aromatic heterocycles. The van der Waals surface area contributed by atoms with Gasteiger partial charge < -0.3 is 9.80 Å². The number of nitrogens with one attached hydrogen (secondary N) is 1. The third-order valence-corrected chi connectivity index (χ3v) is 7.50. The summed E-state index contributed by atoms with van der Waals surface area (Å²) in [7, 11) is -3.57. The number of aromatic nitrogens is 1.